The lowest BCUT2D eigenvalue weighted by Gasteiger charge is -2.29. The minimum atomic E-state index is -0.407. The first-order valence-electron chi connectivity index (χ1n) is 8.28. The Morgan fingerprint density at radius 1 is 1.28 bits per heavy atom. The van der Waals surface area contributed by atoms with Crippen LogP contribution in [0.3, 0.4) is 0 Å². The zero-order chi connectivity index (χ0) is 17.8. The lowest BCUT2D eigenvalue weighted by molar-refractivity contribution is 0.101. The molecule has 1 aliphatic rings. The van der Waals surface area contributed by atoms with Crippen molar-refractivity contribution in [2.24, 2.45) is 5.92 Å². The van der Waals surface area contributed by atoms with Crippen LogP contribution in [0.1, 0.15) is 37.0 Å². The monoisotopic (exact) mass is 359 g/mol. The fourth-order valence-electron chi connectivity index (χ4n) is 2.83. The molecule has 3 rings (SSSR count). The van der Waals surface area contributed by atoms with Crippen molar-refractivity contribution in [3.05, 3.63) is 29.8 Å². The number of carbonyl (C=O) groups is 2. The average molecular weight is 359 g/mol. The molecule has 8 heteroatoms. The van der Waals surface area contributed by atoms with Gasteiger partial charge in [-0.25, -0.2) is 4.79 Å². The van der Waals surface area contributed by atoms with Crippen LogP contribution >= 0.6 is 11.3 Å². The summed E-state index contributed by atoms with van der Waals surface area (Å²) >= 11 is 1.37. The molecule has 0 spiro atoms. The van der Waals surface area contributed by atoms with Crippen molar-refractivity contribution in [2.45, 2.75) is 26.7 Å². The number of ketones is 1. The molecule has 1 aromatic heterocycles. The molecule has 0 aliphatic carbocycles. The maximum absolute atomic E-state index is 12.1. The van der Waals surface area contributed by atoms with E-state index in [1.54, 1.807) is 24.3 Å². The van der Waals surface area contributed by atoms with Gasteiger partial charge in [0.15, 0.2) is 5.78 Å². The highest BCUT2D eigenvalue weighted by molar-refractivity contribution is 7.19. The topological polar surface area (TPSA) is 87.2 Å². The molecule has 1 saturated heterocycles. The molecule has 25 heavy (non-hydrogen) atoms. The molecule has 2 aromatic rings. The largest absolute Gasteiger partial charge is 0.346 e. The van der Waals surface area contributed by atoms with E-state index < -0.39 is 6.03 Å². The van der Waals surface area contributed by atoms with Crippen LogP contribution in [0.5, 0.6) is 0 Å². The first kappa shape index (κ1) is 17.3. The lowest BCUT2D eigenvalue weighted by atomic mass is 10.0. The Bertz CT molecular complexity index is 776. The maximum atomic E-state index is 12.1. The highest BCUT2D eigenvalue weighted by Crippen LogP contribution is 2.28. The Kier molecular flexibility index (Phi) is 5.28. The Morgan fingerprint density at radius 3 is 2.88 bits per heavy atom. The molecule has 132 valence electrons. The number of anilines is 3. The highest BCUT2D eigenvalue weighted by atomic mass is 32.1. The van der Waals surface area contributed by atoms with E-state index in [2.05, 4.69) is 32.7 Å². The minimum absolute atomic E-state index is 0.0476. The number of hydrogen-bond acceptors (Lipinski definition) is 6. The van der Waals surface area contributed by atoms with Crippen LogP contribution in [0.4, 0.5) is 20.7 Å². The van der Waals surface area contributed by atoms with E-state index in [0.717, 1.165) is 24.6 Å². The molecule has 1 aromatic carbocycles. The number of carbonyl (C=O) groups excluding carboxylic acids is 2. The predicted octanol–water partition coefficient (Wildman–Crippen LogP) is 3.62. The Balaban J connectivity index is 1.60. The van der Waals surface area contributed by atoms with E-state index in [1.807, 2.05) is 0 Å². The smallest absolute Gasteiger partial charge is 0.325 e. The van der Waals surface area contributed by atoms with Crippen LogP contribution in [0.15, 0.2) is 24.3 Å². The molecular formula is C17H21N5O2S. The zero-order valence-electron chi connectivity index (χ0n) is 14.3. The number of benzene rings is 1. The Hall–Kier alpha value is -2.48. The van der Waals surface area contributed by atoms with Crippen LogP contribution in [-0.2, 0) is 0 Å². The summed E-state index contributed by atoms with van der Waals surface area (Å²) < 4.78 is 0. The third-order valence-electron chi connectivity index (χ3n) is 4.09. The summed E-state index contributed by atoms with van der Waals surface area (Å²) in [7, 11) is 0. The second-order valence-corrected chi connectivity index (χ2v) is 7.26. The van der Waals surface area contributed by atoms with E-state index in [9.17, 15) is 9.59 Å². The van der Waals surface area contributed by atoms with E-state index in [1.165, 1.54) is 24.7 Å². The van der Waals surface area contributed by atoms with Gasteiger partial charge in [0.25, 0.3) is 0 Å². The molecule has 2 amide bonds. The van der Waals surface area contributed by atoms with Crippen molar-refractivity contribution in [2.75, 3.05) is 28.6 Å². The normalized spacial score (nSPS) is 17.2. The van der Waals surface area contributed by atoms with Gasteiger partial charge < -0.3 is 10.2 Å². The Morgan fingerprint density at radius 2 is 2.12 bits per heavy atom. The van der Waals surface area contributed by atoms with Crippen molar-refractivity contribution in [1.82, 2.24) is 10.2 Å². The molecule has 0 saturated carbocycles. The zero-order valence-corrected chi connectivity index (χ0v) is 15.1. The average Bonchev–Trinajstić information content (AvgIpc) is 3.03. The number of nitrogens with zero attached hydrogens (tertiary/aromatic N) is 3. The van der Waals surface area contributed by atoms with E-state index in [4.69, 9.17) is 0 Å². The quantitative estimate of drug-likeness (QED) is 0.814. The van der Waals surface area contributed by atoms with Crippen molar-refractivity contribution in [3.8, 4) is 0 Å². The number of hydrogen-bond donors (Lipinski definition) is 2. The number of piperidine rings is 1. The number of Topliss-reactive ketones (excluding diaryl/α,β-unsaturated/α-hetero) is 1. The summed E-state index contributed by atoms with van der Waals surface area (Å²) in [5.74, 6) is 0.597. The molecule has 0 radical (unpaired) electrons. The van der Waals surface area contributed by atoms with Crippen molar-refractivity contribution in [3.63, 3.8) is 0 Å². The van der Waals surface area contributed by atoms with Gasteiger partial charge >= 0.3 is 6.03 Å². The van der Waals surface area contributed by atoms with Crippen LogP contribution in [0.2, 0.25) is 0 Å². The molecule has 2 heterocycles. The summed E-state index contributed by atoms with van der Waals surface area (Å²) in [6.45, 7) is 5.67. The second kappa shape index (κ2) is 7.60. The van der Waals surface area contributed by atoms with Gasteiger partial charge in [0.05, 0.1) is 0 Å². The number of amides is 2. The molecular weight excluding hydrogens is 338 g/mol. The first-order chi connectivity index (χ1) is 12.0. The van der Waals surface area contributed by atoms with Crippen LogP contribution in [-0.4, -0.2) is 35.1 Å². The summed E-state index contributed by atoms with van der Waals surface area (Å²) in [5.41, 5.74) is 1.11. The van der Waals surface area contributed by atoms with Gasteiger partial charge in [0.2, 0.25) is 10.3 Å². The van der Waals surface area contributed by atoms with Gasteiger partial charge in [-0.1, -0.05) is 30.4 Å². The molecule has 1 atom stereocenters. The van der Waals surface area contributed by atoms with Gasteiger partial charge in [0, 0.05) is 24.3 Å². The number of urea groups is 1. The lowest BCUT2D eigenvalue weighted by Crippen LogP contribution is -2.34. The van der Waals surface area contributed by atoms with Gasteiger partial charge in [-0.05, 0) is 37.8 Å². The first-order valence-corrected chi connectivity index (χ1v) is 9.10. The summed E-state index contributed by atoms with van der Waals surface area (Å²) in [4.78, 5) is 25.7. The van der Waals surface area contributed by atoms with Gasteiger partial charge in [-0.2, -0.15) is 0 Å². The summed E-state index contributed by atoms with van der Waals surface area (Å²) in [6.07, 6.45) is 2.39. The highest BCUT2D eigenvalue weighted by Gasteiger charge is 2.20. The van der Waals surface area contributed by atoms with E-state index in [-0.39, 0.29) is 5.78 Å². The van der Waals surface area contributed by atoms with Gasteiger partial charge in [0.1, 0.15) is 0 Å². The maximum Gasteiger partial charge on any atom is 0.325 e. The number of aromatic nitrogens is 2. The second-order valence-electron chi connectivity index (χ2n) is 6.30. The molecule has 1 unspecified atom stereocenters. The summed E-state index contributed by atoms with van der Waals surface area (Å²) in [6, 6.07) is 6.40. The minimum Gasteiger partial charge on any atom is -0.346 e. The van der Waals surface area contributed by atoms with Crippen LogP contribution in [0.25, 0.3) is 0 Å². The van der Waals surface area contributed by atoms with Crippen LogP contribution in [0, 0.1) is 5.92 Å². The van der Waals surface area contributed by atoms with E-state index >= 15 is 0 Å². The molecule has 7 nitrogen and oxygen atoms in total. The standard InChI is InChI=1S/C17H21N5O2S/c1-11-5-4-8-22(10-11)17-21-20-16(25-17)19-15(24)18-14-7-3-6-13(9-14)12(2)23/h3,6-7,9,11H,4-5,8,10H2,1-2H3,(H2,18,19,20,24). The molecule has 1 fully saturated rings. The predicted molar refractivity (Wildman–Crippen MR) is 99.6 cm³/mol. The third-order valence-corrected chi connectivity index (χ3v) is 4.99. The van der Waals surface area contributed by atoms with Gasteiger partial charge in [-0.3, -0.25) is 10.1 Å². The van der Waals surface area contributed by atoms with Crippen molar-refractivity contribution < 1.29 is 9.59 Å². The van der Waals surface area contributed by atoms with Crippen molar-refractivity contribution >= 4 is 39.1 Å². The molecule has 1 aliphatic heterocycles. The number of nitrogens with one attached hydrogen (secondary N) is 2. The van der Waals surface area contributed by atoms with Crippen molar-refractivity contribution in [1.29, 1.82) is 0 Å². The van der Waals surface area contributed by atoms with E-state index in [0.29, 0.717) is 22.3 Å². The molecule has 0 bridgehead atoms. The number of rotatable bonds is 4. The van der Waals surface area contributed by atoms with Crippen LogP contribution < -0.4 is 15.5 Å². The molecule has 2 N–H and O–H groups in total. The summed E-state index contributed by atoms with van der Waals surface area (Å²) in [5, 5.41) is 14.9. The SMILES string of the molecule is CC(=O)c1cccc(NC(=O)Nc2nnc(N3CCCC(C)C3)s2)c1. The third kappa shape index (κ3) is 4.54. The fraction of sp³-hybridized carbons (Fsp3) is 0.412. The Labute approximate surface area is 150 Å². The van der Waals surface area contributed by atoms with Gasteiger partial charge in [-0.15, -0.1) is 10.2 Å². The fourth-order valence-corrected chi connectivity index (χ4v) is 3.61.